The zero-order valence-electron chi connectivity index (χ0n) is 16.4. The summed E-state index contributed by atoms with van der Waals surface area (Å²) >= 11 is 0. The van der Waals surface area contributed by atoms with E-state index in [2.05, 4.69) is 60.5 Å². The minimum Gasteiger partial charge on any atom is -0.467 e. The number of hydrogen-bond acceptors (Lipinski definition) is 3. The van der Waals surface area contributed by atoms with Crippen LogP contribution in [0.4, 0.5) is 5.69 Å². The number of benzene rings is 2. The molecule has 0 spiro atoms. The van der Waals surface area contributed by atoms with E-state index in [1.54, 1.807) is 0 Å². The van der Waals surface area contributed by atoms with Crippen molar-refractivity contribution in [1.29, 1.82) is 0 Å². The van der Waals surface area contributed by atoms with Gasteiger partial charge in [0.25, 0.3) is 0 Å². The molecule has 0 radical (unpaired) electrons. The molecule has 1 aromatic heterocycles. The van der Waals surface area contributed by atoms with Gasteiger partial charge in [-0.05, 0) is 35.4 Å². The molecule has 0 bridgehead atoms. The van der Waals surface area contributed by atoms with Crippen LogP contribution in [0.1, 0.15) is 17.2 Å². The summed E-state index contributed by atoms with van der Waals surface area (Å²) in [5.74, 6) is -0.232. The zero-order valence-corrected chi connectivity index (χ0v) is 16.4. The lowest BCUT2D eigenvalue weighted by Gasteiger charge is -2.17. The summed E-state index contributed by atoms with van der Waals surface area (Å²) in [7, 11) is 3.51. The molecule has 3 aromatic rings. The van der Waals surface area contributed by atoms with Gasteiger partial charge in [-0.2, -0.15) is 0 Å². The molecule has 4 heteroatoms. The van der Waals surface area contributed by atoms with Crippen molar-refractivity contribution in [3.8, 4) is 0 Å². The number of nitrogens with zero attached hydrogens (tertiary/aromatic N) is 2. The number of aromatic nitrogens is 1. The average molecular weight is 374 g/mol. The zero-order chi connectivity index (χ0) is 19.8. The number of anilines is 1. The van der Waals surface area contributed by atoms with E-state index in [1.807, 2.05) is 47.3 Å². The largest absolute Gasteiger partial charge is 0.467 e. The molecule has 0 aliphatic carbocycles. The third-order valence-electron chi connectivity index (χ3n) is 4.76. The molecule has 4 nitrogen and oxygen atoms in total. The molecule has 0 N–H and O–H groups in total. The smallest absolute Gasteiger partial charge is 0.329 e. The molecule has 1 heterocycles. The number of hydrogen-bond donors (Lipinski definition) is 0. The number of rotatable bonds is 8. The van der Waals surface area contributed by atoms with Crippen LogP contribution in [0, 0.1) is 0 Å². The highest BCUT2D eigenvalue weighted by Crippen LogP contribution is 2.18. The van der Waals surface area contributed by atoms with E-state index in [0.717, 1.165) is 17.7 Å². The summed E-state index contributed by atoms with van der Waals surface area (Å²) in [4.78, 5) is 14.3. The van der Waals surface area contributed by atoms with Gasteiger partial charge in [-0.25, -0.2) is 4.79 Å². The number of ether oxygens (including phenoxy) is 1. The SMILES string of the molecule is COC(=O)C(Cc1ccc(C=CCN(C)c2ccccc2)cc1)n1cccc1. The van der Waals surface area contributed by atoms with Crippen LogP contribution in [-0.4, -0.2) is 31.2 Å². The van der Waals surface area contributed by atoms with Gasteiger partial charge in [0.1, 0.15) is 6.04 Å². The molecule has 0 aliphatic rings. The number of para-hydroxylation sites is 1. The van der Waals surface area contributed by atoms with Gasteiger partial charge in [-0.15, -0.1) is 0 Å². The molecule has 2 aromatic carbocycles. The summed E-state index contributed by atoms with van der Waals surface area (Å²) in [5, 5.41) is 0. The first kappa shape index (κ1) is 19.5. The summed E-state index contributed by atoms with van der Waals surface area (Å²) in [6, 6.07) is 22.1. The van der Waals surface area contributed by atoms with Crippen molar-refractivity contribution in [2.75, 3.05) is 25.6 Å². The summed E-state index contributed by atoms with van der Waals surface area (Å²) in [6.45, 7) is 0.837. The Balaban J connectivity index is 1.60. The van der Waals surface area contributed by atoms with Crippen LogP contribution >= 0.6 is 0 Å². The summed E-state index contributed by atoms with van der Waals surface area (Å²) in [6.07, 6.45) is 8.65. The Labute approximate surface area is 166 Å². The first-order chi connectivity index (χ1) is 13.7. The van der Waals surface area contributed by atoms with Gasteiger partial charge in [-0.1, -0.05) is 54.6 Å². The Hall–Kier alpha value is -3.27. The minimum absolute atomic E-state index is 0.232. The fourth-order valence-electron chi connectivity index (χ4n) is 3.12. The van der Waals surface area contributed by atoms with E-state index in [0.29, 0.717) is 6.42 Å². The van der Waals surface area contributed by atoms with E-state index in [9.17, 15) is 4.79 Å². The summed E-state index contributed by atoms with van der Waals surface area (Å²) < 4.78 is 6.86. The van der Waals surface area contributed by atoms with Crippen LogP contribution in [0.3, 0.4) is 0 Å². The first-order valence-electron chi connectivity index (χ1n) is 9.39. The predicted octanol–water partition coefficient (Wildman–Crippen LogP) is 4.59. The molecule has 3 rings (SSSR count). The average Bonchev–Trinajstić information content (AvgIpc) is 3.27. The van der Waals surface area contributed by atoms with E-state index in [4.69, 9.17) is 4.74 Å². The number of esters is 1. The van der Waals surface area contributed by atoms with E-state index in [-0.39, 0.29) is 12.0 Å². The minimum atomic E-state index is -0.346. The van der Waals surface area contributed by atoms with Gasteiger partial charge >= 0.3 is 5.97 Å². The van der Waals surface area contributed by atoms with Gasteiger partial charge < -0.3 is 14.2 Å². The molecular weight excluding hydrogens is 348 g/mol. The number of carbonyl (C=O) groups excluding carboxylic acids is 1. The quantitative estimate of drug-likeness (QED) is 0.541. The van der Waals surface area contributed by atoms with Crippen LogP contribution in [0.15, 0.2) is 85.2 Å². The van der Waals surface area contributed by atoms with Crippen LogP contribution < -0.4 is 4.90 Å². The van der Waals surface area contributed by atoms with Crippen molar-refractivity contribution in [2.45, 2.75) is 12.5 Å². The molecular formula is C24H26N2O2. The van der Waals surface area contributed by atoms with Crippen molar-refractivity contribution in [2.24, 2.45) is 0 Å². The second kappa shape index (κ2) is 9.60. The highest BCUT2D eigenvalue weighted by molar-refractivity contribution is 5.74. The Morgan fingerprint density at radius 3 is 2.36 bits per heavy atom. The number of methoxy groups -OCH3 is 1. The van der Waals surface area contributed by atoms with Crippen LogP contribution in [-0.2, 0) is 16.0 Å². The van der Waals surface area contributed by atoms with Crippen molar-refractivity contribution in [3.63, 3.8) is 0 Å². The number of carbonyl (C=O) groups is 1. The maximum absolute atomic E-state index is 12.1. The Kier molecular flexibility index (Phi) is 6.68. The fourth-order valence-corrected chi connectivity index (χ4v) is 3.12. The fraction of sp³-hybridized carbons (Fsp3) is 0.208. The van der Waals surface area contributed by atoms with Gasteiger partial charge in [-0.3, -0.25) is 0 Å². The third kappa shape index (κ3) is 5.13. The number of likely N-dealkylation sites (N-methyl/N-ethyl adjacent to an activating group) is 1. The Morgan fingerprint density at radius 1 is 1.04 bits per heavy atom. The molecule has 0 saturated heterocycles. The second-order valence-corrected chi connectivity index (χ2v) is 6.73. The molecule has 0 fully saturated rings. The van der Waals surface area contributed by atoms with E-state index in [1.165, 1.54) is 12.8 Å². The molecule has 1 atom stereocenters. The van der Waals surface area contributed by atoms with E-state index < -0.39 is 0 Å². The standard InChI is InChI=1S/C24H26N2O2/c1-25(22-10-4-3-5-11-22)16-8-9-20-12-14-21(15-13-20)19-23(24(27)28-2)26-17-6-7-18-26/h3-15,17-18,23H,16,19H2,1-2H3. The summed E-state index contributed by atoms with van der Waals surface area (Å²) in [5.41, 5.74) is 3.44. The molecule has 1 unspecified atom stereocenters. The first-order valence-corrected chi connectivity index (χ1v) is 9.39. The topological polar surface area (TPSA) is 34.5 Å². The van der Waals surface area contributed by atoms with Crippen molar-refractivity contribution in [3.05, 3.63) is 96.3 Å². The van der Waals surface area contributed by atoms with Crippen LogP contribution in [0.2, 0.25) is 0 Å². The lowest BCUT2D eigenvalue weighted by atomic mass is 10.0. The van der Waals surface area contributed by atoms with Crippen molar-refractivity contribution >= 4 is 17.7 Å². The maximum atomic E-state index is 12.1. The maximum Gasteiger partial charge on any atom is 0.329 e. The highest BCUT2D eigenvalue weighted by atomic mass is 16.5. The van der Waals surface area contributed by atoms with Crippen LogP contribution in [0.5, 0.6) is 0 Å². The molecule has 0 aliphatic heterocycles. The molecule has 0 amide bonds. The lowest BCUT2D eigenvalue weighted by molar-refractivity contribution is -0.144. The predicted molar refractivity (Wildman–Crippen MR) is 114 cm³/mol. The molecule has 144 valence electrons. The normalized spacial score (nSPS) is 12.1. The second-order valence-electron chi connectivity index (χ2n) is 6.73. The van der Waals surface area contributed by atoms with Crippen LogP contribution in [0.25, 0.3) is 6.08 Å². The van der Waals surface area contributed by atoms with Gasteiger partial charge in [0.05, 0.1) is 7.11 Å². The molecule has 28 heavy (non-hydrogen) atoms. The lowest BCUT2D eigenvalue weighted by Crippen LogP contribution is -2.22. The van der Waals surface area contributed by atoms with E-state index >= 15 is 0 Å². The Morgan fingerprint density at radius 2 is 1.71 bits per heavy atom. The highest BCUT2D eigenvalue weighted by Gasteiger charge is 2.20. The van der Waals surface area contributed by atoms with Gasteiger partial charge in [0.15, 0.2) is 0 Å². The van der Waals surface area contributed by atoms with Gasteiger partial charge in [0, 0.05) is 38.1 Å². The molecule has 0 saturated carbocycles. The Bertz CT molecular complexity index is 884. The van der Waals surface area contributed by atoms with Crippen molar-refractivity contribution < 1.29 is 9.53 Å². The third-order valence-corrected chi connectivity index (χ3v) is 4.76. The van der Waals surface area contributed by atoms with Gasteiger partial charge in [0.2, 0.25) is 0 Å². The van der Waals surface area contributed by atoms with Crippen molar-refractivity contribution in [1.82, 2.24) is 4.57 Å². The monoisotopic (exact) mass is 374 g/mol.